The highest BCUT2D eigenvalue weighted by atomic mass is 16.5. The van der Waals surface area contributed by atoms with E-state index in [4.69, 9.17) is 9.72 Å². The molecule has 4 heterocycles. The van der Waals surface area contributed by atoms with Crippen LogP contribution in [0.3, 0.4) is 0 Å². The van der Waals surface area contributed by atoms with Crippen molar-refractivity contribution in [3.05, 3.63) is 85.1 Å². The molecule has 1 fully saturated rings. The quantitative estimate of drug-likeness (QED) is 0.290. The number of rotatable bonds is 6. The number of aryl methyl sites for hydroxylation is 2. The summed E-state index contributed by atoms with van der Waals surface area (Å²) in [5.41, 5.74) is 6.18. The summed E-state index contributed by atoms with van der Waals surface area (Å²) in [4.78, 5) is 32.3. The number of piperidine rings is 1. The number of hydrogen-bond acceptors (Lipinski definition) is 7. The van der Waals surface area contributed by atoms with Crippen molar-refractivity contribution in [3.8, 4) is 11.5 Å². The van der Waals surface area contributed by atoms with Gasteiger partial charge in [-0.15, -0.1) is 0 Å². The number of anilines is 2. The molecule has 1 N–H and O–H groups in total. The highest BCUT2D eigenvalue weighted by Crippen LogP contribution is 2.32. The predicted molar refractivity (Wildman–Crippen MR) is 151 cm³/mol. The van der Waals surface area contributed by atoms with E-state index in [1.54, 1.807) is 6.33 Å². The normalized spacial score (nSPS) is 15.4. The van der Waals surface area contributed by atoms with Crippen LogP contribution in [-0.4, -0.2) is 48.4 Å². The summed E-state index contributed by atoms with van der Waals surface area (Å²) in [6.07, 6.45) is 6.62. The third-order valence-electron chi connectivity index (χ3n) is 7.19. The van der Waals surface area contributed by atoms with E-state index in [-0.39, 0.29) is 11.8 Å². The summed E-state index contributed by atoms with van der Waals surface area (Å²) in [6.45, 7) is 7.02. The lowest BCUT2D eigenvalue weighted by atomic mass is 9.94. The maximum Gasteiger partial charge on any atom is 0.245 e. The van der Waals surface area contributed by atoms with Gasteiger partial charge in [0.25, 0.3) is 0 Å². The molecule has 1 aliphatic heterocycles. The van der Waals surface area contributed by atoms with Crippen molar-refractivity contribution in [3.63, 3.8) is 0 Å². The van der Waals surface area contributed by atoms with Crippen LogP contribution in [0.15, 0.2) is 73.8 Å². The number of ether oxygens (including phenoxy) is 1. The van der Waals surface area contributed by atoms with Gasteiger partial charge >= 0.3 is 0 Å². The third kappa shape index (κ3) is 4.90. The first-order valence-electron chi connectivity index (χ1n) is 13.0. The molecular formula is C30H29N7O2. The molecule has 9 nitrogen and oxygen atoms in total. The van der Waals surface area contributed by atoms with Crippen molar-refractivity contribution in [2.75, 3.05) is 18.4 Å². The zero-order chi connectivity index (χ0) is 26.9. The standard InChI is InChI=1S/C30H29N7O2/c1-4-28(38)37-13-5-6-20(16-37)23-9-10-24-29(35-23)30(32-17-31-24)34-21-7-12-27(19(2)14-21)39-22-8-11-26-25(15-22)33-18-36(26)3/h4,7-12,14-15,17-18,20H,1,5-6,13,16H2,2-3H3,(H,31,32,34)/t20-/m1/s1. The molecule has 0 radical (unpaired) electrons. The fraction of sp³-hybridized carbons (Fsp3) is 0.233. The van der Waals surface area contributed by atoms with E-state index >= 15 is 0 Å². The topological polar surface area (TPSA) is 98.1 Å². The van der Waals surface area contributed by atoms with Gasteiger partial charge in [0, 0.05) is 43.5 Å². The van der Waals surface area contributed by atoms with Crippen LogP contribution in [0.5, 0.6) is 11.5 Å². The van der Waals surface area contributed by atoms with Gasteiger partial charge in [0.15, 0.2) is 5.82 Å². The lowest BCUT2D eigenvalue weighted by Crippen LogP contribution is -2.38. The van der Waals surface area contributed by atoms with Crippen LogP contribution in [0.1, 0.15) is 30.0 Å². The lowest BCUT2D eigenvalue weighted by Gasteiger charge is -2.31. The van der Waals surface area contributed by atoms with E-state index in [1.807, 2.05) is 72.0 Å². The number of nitrogens with one attached hydrogen (secondary N) is 1. The number of pyridine rings is 1. The van der Waals surface area contributed by atoms with Gasteiger partial charge < -0.3 is 19.5 Å². The zero-order valence-corrected chi connectivity index (χ0v) is 22.0. The number of likely N-dealkylation sites (tertiary alicyclic amines) is 1. The summed E-state index contributed by atoms with van der Waals surface area (Å²) in [5, 5.41) is 3.41. The number of nitrogens with zero attached hydrogens (tertiary/aromatic N) is 6. The minimum Gasteiger partial charge on any atom is -0.457 e. The molecule has 0 bridgehead atoms. The Labute approximate surface area is 226 Å². The van der Waals surface area contributed by atoms with Crippen molar-refractivity contribution >= 4 is 39.5 Å². The number of benzene rings is 2. The van der Waals surface area contributed by atoms with Gasteiger partial charge in [-0.05, 0) is 73.9 Å². The minimum atomic E-state index is -0.0359. The van der Waals surface area contributed by atoms with Crippen molar-refractivity contribution in [2.24, 2.45) is 7.05 Å². The summed E-state index contributed by atoms with van der Waals surface area (Å²) < 4.78 is 8.15. The number of aromatic nitrogens is 5. The predicted octanol–water partition coefficient (Wildman–Crippen LogP) is 5.65. The van der Waals surface area contributed by atoms with Gasteiger partial charge in [-0.2, -0.15) is 0 Å². The van der Waals surface area contributed by atoms with Crippen LogP contribution in [0.25, 0.3) is 22.1 Å². The molecule has 0 aliphatic carbocycles. The van der Waals surface area contributed by atoms with Crippen LogP contribution in [0.2, 0.25) is 0 Å². The Hall–Kier alpha value is -4.79. The summed E-state index contributed by atoms with van der Waals surface area (Å²) in [5.74, 6) is 2.25. The van der Waals surface area contributed by atoms with Crippen molar-refractivity contribution < 1.29 is 9.53 Å². The number of hydrogen-bond donors (Lipinski definition) is 1. The molecule has 5 aromatic rings. The second-order valence-corrected chi connectivity index (χ2v) is 9.87. The average Bonchev–Trinajstić information content (AvgIpc) is 3.33. The lowest BCUT2D eigenvalue weighted by molar-refractivity contribution is -0.127. The van der Waals surface area contributed by atoms with Gasteiger partial charge in [0.2, 0.25) is 5.91 Å². The smallest absolute Gasteiger partial charge is 0.245 e. The zero-order valence-electron chi connectivity index (χ0n) is 22.0. The van der Waals surface area contributed by atoms with E-state index < -0.39 is 0 Å². The third-order valence-corrected chi connectivity index (χ3v) is 7.19. The van der Waals surface area contributed by atoms with Gasteiger partial charge in [0.1, 0.15) is 23.3 Å². The molecule has 0 spiro atoms. The maximum atomic E-state index is 12.2. The van der Waals surface area contributed by atoms with Gasteiger partial charge in [-0.3, -0.25) is 4.79 Å². The number of imidazole rings is 1. The van der Waals surface area contributed by atoms with Gasteiger partial charge in [0.05, 0.1) is 22.9 Å². The fourth-order valence-electron chi connectivity index (χ4n) is 5.11. The Morgan fingerprint density at radius 1 is 1.10 bits per heavy atom. The van der Waals surface area contributed by atoms with Crippen LogP contribution < -0.4 is 10.1 Å². The van der Waals surface area contributed by atoms with Crippen LogP contribution in [-0.2, 0) is 11.8 Å². The molecule has 196 valence electrons. The molecule has 9 heteroatoms. The molecule has 1 aliphatic rings. The maximum absolute atomic E-state index is 12.2. The van der Waals surface area contributed by atoms with Crippen molar-refractivity contribution in [1.82, 2.24) is 29.4 Å². The second-order valence-electron chi connectivity index (χ2n) is 9.87. The highest BCUT2D eigenvalue weighted by molar-refractivity contribution is 5.88. The number of amides is 1. The van der Waals surface area contributed by atoms with Gasteiger partial charge in [-0.25, -0.2) is 19.9 Å². The van der Waals surface area contributed by atoms with Crippen molar-refractivity contribution in [1.29, 1.82) is 0 Å². The summed E-state index contributed by atoms with van der Waals surface area (Å²) in [6, 6.07) is 15.8. The second kappa shape index (κ2) is 10.2. The molecule has 1 amide bonds. The molecule has 0 unspecified atom stereocenters. The van der Waals surface area contributed by atoms with Crippen LogP contribution in [0.4, 0.5) is 11.5 Å². The Bertz CT molecular complexity index is 1710. The highest BCUT2D eigenvalue weighted by Gasteiger charge is 2.25. The summed E-state index contributed by atoms with van der Waals surface area (Å²) in [7, 11) is 1.97. The van der Waals surface area contributed by atoms with Crippen LogP contribution in [0, 0.1) is 6.92 Å². The number of fused-ring (bicyclic) bond motifs is 2. The van der Waals surface area contributed by atoms with E-state index in [0.29, 0.717) is 17.9 Å². The minimum absolute atomic E-state index is 0.0359. The Kier molecular flexibility index (Phi) is 6.40. The molecule has 1 saturated heterocycles. The molecule has 0 saturated carbocycles. The molecule has 6 rings (SSSR count). The van der Waals surface area contributed by atoms with E-state index in [1.165, 1.54) is 12.4 Å². The largest absolute Gasteiger partial charge is 0.457 e. The summed E-state index contributed by atoms with van der Waals surface area (Å²) >= 11 is 0. The fourth-order valence-corrected chi connectivity index (χ4v) is 5.11. The first-order valence-corrected chi connectivity index (χ1v) is 13.0. The molecule has 1 atom stereocenters. The van der Waals surface area contributed by atoms with E-state index in [0.717, 1.165) is 64.4 Å². The number of carbonyl (C=O) groups is 1. The Balaban J connectivity index is 1.23. The van der Waals surface area contributed by atoms with Crippen molar-refractivity contribution in [2.45, 2.75) is 25.7 Å². The Morgan fingerprint density at radius 2 is 2.00 bits per heavy atom. The van der Waals surface area contributed by atoms with Gasteiger partial charge in [-0.1, -0.05) is 6.58 Å². The average molecular weight is 520 g/mol. The monoisotopic (exact) mass is 519 g/mol. The Morgan fingerprint density at radius 3 is 2.85 bits per heavy atom. The first kappa shape index (κ1) is 24.5. The van der Waals surface area contributed by atoms with E-state index in [2.05, 4.69) is 26.8 Å². The molecule has 39 heavy (non-hydrogen) atoms. The SMILES string of the molecule is C=CC(=O)N1CCC[C@@H](c2ccc3ncnc(Nc4ccc(Oc5ccc6c(c5)ncn6C)c(C)c4)c3n2)C1. The number of carbonyl (C=O) groups excluding carboxylic acids is 1. The molecular weight excluding hydrogens is 490 g/mol. The first-order chi connectivity index (χ1) is 19.0. The van der Waals surface area contributed by atoms with E-state index in [9.17, 15) is 4.79 Å². The molecule has 2 aromatic carbocycles. The van der Waals surface area contributed by atoms with Crippen LogP contribution >= 0.6 is 0 Å². The molecule has 3 aromatic heterocycles.